The van der Waals surface area contributed by atoms with Crippen LogP contribution in [0, 0.1) is 0 Å². The average Bonchev–Trinajstić information content (AvgIpc) is 1.72. The Kier molecular flexibility index (Phi) is 1.00. The van der Waals surface area contributed by atoms with E-state index in [2.05, 4.69) is 4.74 Å². The van der Waals surface area contributed by atoms with E-state index >= 15 is 0 Å². The summed E-state index contributed by atoms with van der Waals surface area (Å²) in [6, 6.07) is 0. The second-order valence-corrected chi connectivity index (χ2v) is 0.986. The van der Waals surface area contributed by atoms with Crippen molar-refractivity contribution in [2.24, 2.45) is 0 Å². The van der Waals surface area contributed by atoms with E-state index in [1.165, 1.54) is 0 Å². The van der Waals surface area contributed by atoms with Crippen LogP contribution < -0.4 is 0 Å². The van der Waals surface area contributed by atoms with Crippen molar-refractivity contribution in [3.8, 4) is 0 Å². The maximum Gasteiger partial charge on any atom is 0.179 e. The van der Waals surface area contributed by atoms with Crippen LogP contribution in [0.4, 0.5) is 0 Å². The lowest BCUT2D eigenvalue weighted by atomic mass is 9.79. The van der Waals surface area contributed by atoms with Crippen molar-refractivity contribution in [1.29, 1.82) is 0 Å². The fraction of sp³-hybridized carbons (Fsp3) is 0. The quantitative estimate of drug-likeness (QED) is 0.387. The minimum Gasteiger partial charge on any atom is -0.475 e. The van der Waals surface area contributed by atoms with Crippen LogP contribution >= 0.6 is 0 Å². The van der Waals surface area contributed by atoms with E-state index in [1.54, 1.807) is 12.5 Å². The van der Waals surface area contributed by atoms with Crippen molar-refractivity contribution in [1.82, 2.24) is 0 Å². The highest BCUT2D eigenvalue weighted by Crippen LogP contribution is 1.84. The van der Waals surface area contributed by atoms with Crippen molar-refractivity contribution in [3.05, 3.63) is 24.5 Å². The predicted octanol–water partition coefficient (Wildman–Crippen LogP) is 0.663. The summed E-state index contributed by atoms with van der Waals surface area (Å²) in [4.78, 5) is 0. The molecule has 0 aliphatic carbocycles. The summed E-state index contributed by atoms with van der Waals surface area (Å²) in [6.45, 7) is 0. The smallest absolute Gasteiger partial charge is 0.179 e. The Balaban J connectivity index is 2.40. The van der Waals surface area contributed by atoms with E-state index in [0.29, 0.717) is 0 Å². The van der Waals surface area contributed by atoms with Crippen LogP contribution in [-0.4, -0.2) is 7.28 Å². The lowest BCUT2D eigenvalue weighted by Crippen LogP contribution is -1.82. The molecule has 0 amide bonds. The predicted molar refractivity (Wildman–Crippen MR) is 25.1 cm³/mol. The van der Waals surface area contributed by atoms with Crippen LogP contribution in [0.5, 0.6) is 0 Å². The van der Waals surface area contributed by atoms with E-state index in [1.807, 2.05) is 19.2 Å². The molecular formula is C4H4BO. The fourth-order valence-corrected chi connectivity index (χ4v) is 0.291. The van der Waals surface area contributed by atoms with Crippen LogP contribution in [0.3, 0.4) is 0 Å². The SMILES string of the molecule is [B]1C=COC=C1. The highest BCUT2D eigenvalue weighted by atomic mass is 16.5. The molecule has 1 aliphatic heterocycles. The first kappa shape index (κ1) is 3.53. The van der Waals surface area contributed by atoms with Gasteiger partial charge >= 0.3 is 0 Å². The monoisotopic (exact) mass is 79.0 g/mol. The zero-order chi connectivity index (χ0) is 4.24. The molecule has 1 nitrogen and oxygen atoms in total. The molecule has 0 fully saturated rings. The lowest BCUT2D eigenvalue weighted by Gasteiger charge is -1.90. The molecule has 6 heavy (non-hydrogen) atoms. The van der Waals surface area contributed by atoms with Crippen LogP contribution in [-0.2, 0) is 4.74 Å². The van der Waals surface area contributed by atoms with Crippen molar-refractivity contribution in [2.75, 3.05) is 0 Å². The largest absolute Gasteiger partial charge is 0.475 e. The van der Waals surface area contributed by atoms with Crippen LogP contribution in [0.15, 0.2) is 24.5 Å². The van der Waals surface area contributed by atoms with Crippen molar-refractivity contribution < 1.29 is 4.74 Å². The van der Waals surface area contributed by atoms with E-state index < -0.39 is 0 Å². The number of rotatable bonds is 0. The summed E-state index contributed by atoms with van der Waals surface area (Å²) in [5, 5.41) is 0. The van der Waals surface area contributed by atoms with Gasteiger partial charge in [-0.05, 0) is 0 Å². The van der Waals surface area contributed by atoms with Gasteiger partial charge in [0.25, 0.3) is 0 Å². The minimum absolute atomic E-state index is 1.62. The van der Waals surface area contributed by atoms with Gasteiger partial charge in [-0.15, -0.1) is 0 Å². The van der Waals surface area contributed by atoms with Gasteiger partial charge < -0.3 is 4.74 Å². The number of hydrogen-bond acceptors (Lipinski definition) is 1. The molecule has 0 unspecified atom stereocenters. The third-order valence-corrected chi connectivity index (χ3v) is 0.536. The molecular weight excluding hydrogens is 74.9 g/mol. The molecule has 0 bridgehead atoms. The summed E-state index contributed by atoms with van der Waals surface area (Å²) in [5.74, 6) is 3.67. The van der Waals surface area contributed by atoms with Crippen molar-refractivity contribution in [2.45, 2.75) is 0 Å². The molecule has 1 aliphatic rings. The van der Waals surface area contributed by atoms with Gasteiger partial charge in [-0.3, -0.25) is 0 Å². The molecule has 0 saturated heterocycles. The van der Waals surface area contributed by atoms with Gasteiger partial charge in [0.05, 0.1) is 12.5 Å². The standard InChI is InChI=1S/C4H4BO/c1-3-6-4-2-5-1/h1-4H. The third-order valence-electron chi connectivity index (χ3n) is 0.536. The first-order valence-corrected chi connectivity index (χ1v) is 1.80. The molecule has 0 N–H and O–H groups in total. The van der Waals surface area contributed by atoms with Crippen LogP contribution in [0.2, 0.25) is 0 Å². The van der Waals surface area contributed by atoms with Crippen LogP contribution in [0.25, 0.3) is 0 Å². The number of ether oxygens (including phenoxy) is 1. The van der Waals surface area contributed by atoms with Gasteiger partial charge in [-0.1, -0.05) is 12.0 Å². The first-order chi connectivity index (χ1) is 3.00. The van der Waals surface area contributed by atoms with E-state index in [9.17, 15) is 0 Å². The summed E-state index contributed by atoms with van der Waals surface area (Å²) in [6.07, 6.45) is 3.25. The molecule has 1 radical (unpaired) electrons. The van der Waals surface area contributed by atoms with E-state index in [0.717, 1.165) is 0 Å². The Labute approximate surface area is 37.5 Å². The second kappa shape index (κ2) is 1.70. The molecule has 0 aromatic heterocycles. The topological polar surface area (TPSA) is 9.23 Å². The van der Waals surface area contributed by atoms with E-state index in [4.69, 9.17) is 0 Å². The Hall–Kier alpha value is -0.655. The average molecular weight is 78.9 g/mol. The van der Waals surface area contributed by atoms with Gasteiger partial charge in [-0.2, -0.15) is 0 Å². The third kappa shape index (κ3) is 0.644. The van der Waals surface area contributed by atoms with Gasteiger partial charge in [-0.25, -0.2) is 0 Å². The Morgan fingerprint density at radius 2 is 1.83 bits per heavy atom. The summed E-state index contributed by atoms with van der Waals surface area (Å²) in [7, 11) is 1.91. The molecule has 1 heterocycles. The maximum absolute atomic E-state index is 4.68. The Morgan fingerprint density at radius 3 is 2.00 bits per heavy atom. The molecule has 0 spiro atoms. The maximum atomic E-state index is 4.68. The molecule has 29 valence electrons. The summed E-state index contributed by atoms with van der Waals surface area (Å²) in [5.41, 5.74) is 0. The van der Waals surface area contributed by atoms with Gasteiger partial charge in [0.2, 0.25) is 0 Å². The highest BCUT2D eigenvalue weighted by molar-refractivity contribution is 6.48. The lowest BCUT2D eigenvalue weighted by molar-refractivity contribution is 0.402. The Morgan fingerprint density at radius 1 is 1.17 bits per heavy atom. The molecule has 2 heteroatoms. The zero-order valence-electron chi connectivity index (χ0n) is 3.29. The zero-order valence-corrected chi connectivity index (χ0v) is 3.29. The van der Waals surface area contributed by atoms with Crippen molar-refractivity contribution >= 4 is 7.28 Å². The highest BCUT2D eigenvalue weighted by Gasteiger charge is 1.78. The molecule has 0 aromatic rings. The van der Waals surface area contributed by atoms with E-state index in [-0.39, 0.29) is 0 Å². The summed E-state index contributed by atoms with van der Waals surface area (Å²) >= 11 is 0. The normalized spacial score (nSPS) is 16.0. The molecule has 1 rings (SSSR count). The van der Waals surface area contributed by atoms with Gasteiger partial charge in [0.1, 0.15) is 0 Å². The van der Waals surface area contributed by atoms with Crippen LogP contribution in [0.1, 0.15) is 0 Å². The van der Waals surface area contributed by atoms with Crippen molar-refractivity contribution in [3.63, 3.8) is 0 Å². The summed E-state index contributed by atoms with van der Waals surface area (Å²) < 4.78 is 4.68. The first-order valence-electron chi connectivity index (χ1n) is 1.80. The van der Waals surface area contributed by atoms with Gasteiger partial charge in [0, 0.05) is 0 Å². The number of hydrogen-bond donors (Lipinski definition) is 0. The molecule has 0 atom stereocenters. The fourth-order valence-electron chi connectivity index (χ4n) is 0.291. The molecule has 0 aromatic carbocycles. The second-order valence-electron chi connectivity index (χ2n) is 0.986. The Bertz CT molecular complexity index is 65.5. The minimum atomic E-state index is 1.62. The van der Waals surface area contributed by atoms with Gasteiger partial charge in [0.15, 0.2) is 7.28 Å². The molecule has 0 saturated carbocycles.